The number of hydrogen-bond acceptors (Lipinski definition) is 4. The van der Waals surface area contributed by atoms with E-state index in [4.69, 9.17) is 0 Å². The first-order chi connectivity index (χ1) is 15.3. The summed E-state index contributed by atoms with van der Waals surface area (Å²) in [6.07, 6.45) is 5.24. The predicted molar refractivity (Wildman–Crippen MR) is 115 cm³/mol. The van der Waals surface area contributed by atoms with Crippen LogP contribution in [-0.4, -0.2) is 51.0 Å². The van der Waals surface area contributed by atoms with Gasteiger partial charge in [-0.05, 0) is 25.8 Å². The number of amides is 3. The van der Waals surface area contributed by atoms with E-state index in [2.05, 4.69) is 15.7 Å². The highest BCUT2D eigenvalue weighted by atomic mass is 19.1. The Labute approximate surface area is 186 Å². The fourth-order valence-corrected chi connectivity index (χ4v) is 4.33. The van der Waals surface area contributed by atoms with Gasteiger partial charge in [-0.1, -0.05) is 37.5 Å². The lowest BCUT2D eigenvalue weighted by Crippen LogP contribution is -2.63. The van der Waals surface area contributed by atoms with Crippen molar-refractivity contribution in [2.24, 2.45) is 0 Å². The minimum absolute atomic E-state index is 0.00303. The number of rotatable bonds is 5. The van der Waals surface area contributed by atoms with E-state index in [1.165, 1.54) is 28.1 Å². The Morgan fingerprint density at radius 3 is 2.66 bits per heavy atom. The normalized spacial score (nSPS) is 21.2. The number of likely N-dealkylation sites (N-methyl/N-ethyl adjacent to an activating group) is 1. The van der Waals surface area contributed by atoms with Crippen LogP contribution in [0.1, 0.15) is 65.6 Å². The minimum Gasteiger partial charge on any atom is -0.351 e. The first kappa shape index (κ1) is 22.0. The molecule has 1 fully saturated rings. The van der Waals surface area contributed by atoms with E-state index in [1.807, 2.05) is 0 Å². The van der Waals surface area contributed by atoms with Crippen molar-refractivity contribution in [3.63, 3.8) is 0 Å². The van der Waals surface area contributed by atoms with Crippen molar-refractivity contribution in [1.82, 2.24) is 25.3 Å². The Morgan fingerprint density at radius 2 is 1.94 bits per heavy atom. The van der Waals surface area contributed by atoms with Crippen LogP contribution in [0.3, 0.4) is 0 Å². The smallest absolute Gasteiger partial charge is 0.272 e. The van der Waals surface area contributed by atoms with E-state index < -0.39 is 17.3 Å². The van der Waals surface area contributed by atoms with Gasteiger partial charge >= 0.3 is 0 Å². The summed E-state index contributed by atoms with van der Waals surface area (Å²) in [5, 5.41) is 10.0. The molecule has 1 aromatic heterocycles. The standard InChI is InChI=1S/C23H28FN5O3/c1-23(22(32)26-16-9-4-3-5-10-16)14-29-19(21(31)28(23)2)12-18(27-29)20(30)25-13-15-8-6-7-11-17(15)24/h6-8,11-12,16H,3-5,9-10,13-14H2,1-2H3,(H,25,30)(H,26,32). The van der Waals surface area contributed by atoms with Crippen LogP contribution in [0.4, 0.5) is 4.39 Å². The fraction of sp³-hybridized carbons (Fsp3) is 0.478. The lowest BCUT2D eigenvalue weighted by Gasteiger charge is -2.41. The summed E-state index contributed by atoms with van der Waals surface area (Å²) >= 11 is 0. The van der Waals surface area contributed by atoms with Crippen LogP contribution in [0.2, 0.25) is 0 Å². The van der Waals surface area contributed by atoms with Gasteiger partial charge in [-0.3, -0.25) is 19.1 Å². The van der Waals surface area contributed by atoms with Crippen molar-refractivity contribution in [3.05, 3.63) is 53.1 Å². The predicted octanol–water partition coefficient (Wildman–Crippen LogP) is 2.25. The molecule has 1 aromatic carbocycles. The molecule has 8 nitrogen and oxygen atoms in total. The van der Waals surface area contributed by atoms with Gasteiger partial charge < -0.3 is 15.5 Å². The van der Waals surface area contributed by atoms with Crippen molar-refractivity contribution in [1.29, 1.82) is 0 Å². The number of aromatic nitrogens is 2. The molecule has 9 heteroatoms. The van der Waals surface area contributed by atoms with Crippen LogP contribution in [0, 0.1) is 5.82 Å². The molecule has 170 valence electrons. The Morgan fingerprint density at radius 1 is 1.22 bits per heavy atom. The summed E-state index contributed by atoms with van der Waals surface area (Å²) in [4.78, 5) is 40.1. The number of fused-ring (bicyclic) bond motifs is 1. The molecule has 2 heterocycles. The molecule has 0 spiro atoms. The summed E-state index contributed by atoms with van der Waals surface area (Å²) in [6.45, 7) is 1.86. The molecule has 1 aliphatic heterocycles. The van der Waals surface area contributed by atoms with Gasteiger partial charge in [-0.25, -0.2) is 4.39 Å². The fourth-order valence-electron chi connectivity index (χ4n) is 4.33. The molecule has 4 rings (SSSR count). The van der Waals surface area contributed by atoms with Crippen molar-refractivity contribution in [3.8, 4) is 0 Å². The lowest BCUT2D eigenvalue weighted by molar-refractivity contribution is -0.133. The summed E-state index contributed by atoms with van der Waals surface area (Å²) in [6, 6.07) is 7.71. The highest BCUT2D eigenvalue weighted by molar-refractivity contribution is 6.01. The zero-order valence-electron chi connectivity index (χ0n) is 18.4. The maximum atomic E-state index is 13.8. The number of nitrogens with zero attached hydrogens (tertiary/aromatic N) is 3. The molecule has 1 saturated carbocycles. The topological polar surface area (TPSA) is 96.3 Å². The van der Waals surface area contributed by atoms with Crippen LogP contribution in [0.15, 0.2) is 30.3 Å². The third kappa shape index (κ3) is 4.11. The average molecular weight is 442 g/mol. The van der Waals surface area contributed by atoms with Gasteiger partial charge in [-0.2, -0.15) is 5.10 Å². The quantitative estimate of drug-likeness (QED) is 0.744. The largest absolute Gasteiger partial charge is 0.351 e. The average Bonchev–Trinajstić information content (AvgIpc) is 3.21. The zero-order valence-corrected chi connectivity index (χ0v) is 18.4. The molecular weight excluding hydrogens is 413 g/mol. The summed E-state index contributed by atoms with van der Waals surface area (Å²) < 4.78 is 15.2. The lowest BCUT2D eigenvalue weighted by atomic mass is 9.92. The molecule has 2 aromatic rings. The molecule has 0 saturated heterocycles. The number of nitrogens with one attached hydrogen (secondary N) is 2. The Balaban J connectivity index is 1.49. The maximum absolute atomic E-state index is 13.8. The van der Waals surface area contributed by atoms with Gasteiger partial charge in [0.15, 0.2) is 5.69 Å². The van der Waals surface area contributed by atoms with Crippen LogP contribution < -0.4 is 10.6 Å². The Bertz CT molecular complexity index is 1050. The first-order valence-corrected chi connectivity index (χ1v) is 11.0. The van der Waals surface area contributed by atoms with Crippen LogP contribution in [0.5, 0.6) is 0 Å². The van der Waals surface area contributed by atoms with Gasteiger partial charge in [0, 0.05) is 31.3 Å². The maximum Gasteiger partial charge on any atom is 0.272 e. The van der Waals surface area contributed by atoms with Crippen molar-refractivity contribution in [2.75, 3.05) is 7.05 Å². The molecule has 3 amide bonds. The van der Waals surface area contributed by atoms with Crippen LogP contribution in [-0.2, 0) is 17.9 Å². The summed E-state index contributed by atoms with van der Waals surface area (Å²) in [5.74, 6) is -1.52. The van der Waals surface area contributed by atoms with Crippen LogP contribution >= 0.6 is 0 Å². The Hall–Kier alpha value is -3.23. The molecule has 1 unspecified atom stereocenters. The second-order valence-corrected chi connectivity index (χ2v) is 8.79. The molecule has 32 heavy (non-hydrogen) atoms. The van der Waals surface area contributed by atoms with Crippen molar-refractivity contribution in [2.45, 2.75) is 63.7 Å². The number of halogens is 1. The summed E-state index contributed by atoms with van der Waals surface area (Å²) in [7, 11) is 1.59. The van der Waals surface area contributed by atoms with E-state index in [1.54, 1.807) is 32.2 Å². The Kier molecular flexibility index (Phi) is 5.99. The summed E-state index contributed by atoms with van der Waals surface area (Å²) in [5.41, 5.74) is -0.469. The molecule has 2 N–H and O–H groups in total. The second-order valence-electron chi connectivity index (χ2n) is 8.79. The van der Waals surface area contributed by atoms with E-state index in [0.717, 1.165) is 25.7 Å². The first-order valence-electron chi connectivity index (χ1n) is 11.0. The molecule has 1 atom stereocenters. The molecule has 0 bridgehead atoms. The van der Waals surface area contributed by atoms with Gasteiger partial charge in [-0.15, -0.1) is 0 Å². The second kappa shape index (κ2) is 8.72. The van der Waals surface area contributed by atoms with Crippen molar-refractivity contribution < 1.29 is 18.8 Å². The highest BCUT2D eigenvalue weighted by Crippen LogP contribution is 2.27. The third-order valence-corrected chi connectivity index (χ3v) is 6.56. The number of carbonyl (C=O) groups is 3. The van der Waals surface area contributed by atoms with Gasteiger partial charge in [0.05, 0.1) is 6.54 Å². The molecule has 2 aliphatic rings. The molecule has 1 aliphatic carbocycles. The monoisotopic (exact) mass is 441 g/mol. The van der Waals surface area contributed by atoms with Gasteiger partial charge in [0.2, 0.25) is 5.91 Å². The van der Waals surface area contributed by atoms with Crippen molar-refractivity contribution >= 4 is 17.7 Å². The zero-order chi connectivity index (χ0) is 22.9. The number of carbonyl (C=O) groups excluding carboxylic acids is 3. The van der Waals surface area contributed by atoms with E-state index in [0.29, 0.717) is 5.56 Å². The third-order valence-electron chi connectivity index (χ3n) is 6.56. The van der Waals surface area contributed by atoms with E-state index >= 15 is 0 Å². The number of benzene rings is 1. The van der Waals surface area contributed by atoms with Gasteiger partial charge in [0.25, 0.3) is 11.8 Å². The van der Waals surface area contributed by atoms with E-state index in [9.17, 15) is 18.8 Å². The molecular formula is C23H28FN5O3. The number of hydrogen-bond donors (Lipinski definition) is 2. The van der Waals surface area contributed by atoms with Gasteiger partial charge in [0.1, 0.15) is 17.1 Å². The van der Waals surface area contributed by atoms with Crippen LogP contribution in [0.25, 0.3) is 0 Å². The van der Waals surface area contributed by atoms with E-state index in [-0.39, 0.29) is 42.3 Å². The molecule has 0 radical (unpaired) electrons. The minimum atomic E-state index is -1.12. The SMILES string of the molecule is CN1C(=O)c2cc(C(=O)NCc3ccccc3F)nn2CC1(C)C(=O)NC1CCCCC1. The highest BCUT2D eigenvalue weighted by Gasteiger charge is 2.46.